The highest BCUT2D eigenvalue weighted by Crippen LogP contribution is 2.20. The van der Waals surface area contributed by atoms with Crippen LogP contribution < -0.4 is 15.2 Å². The molecule has 0 aliphatic rings. The Labute approximate surface area is 218 Å². The summed E-state index contributed by atoms with van der Waals surface area (Å²) in [6, 6.07) is 15.2. The lowest BCUT2D eigenvalue weighted by molar-refractivity contribution is -0.152. The van der Waals surface area contributed by atoms with Gasteiger partial charge in [-0.1, -0.05) is 50.5 Å². The van der Waals surface area contributed by atoms with Gasteiger partial charge < -0.3 is 14.6 Å². The summed E-state index contributed by atoms with van der Waals surface area (Å²) in [5, 5.41) is 14.0. The maximum Gasteiger partial charge on any atom is 0.347 e. The van der Waals surface area contributed by atoms with E-state index in [0.29, 0.717) is 25.3 Å². The van der Waals surface area contributed by atoms with Crippen LogP contribution in [0, 0.1) is 0 Å². The van der Waals surface area contributed by atoms with Gasteiger partial charge in [-0.25, -0.2) is 14.3 Å². The molecule has 3 rings (SSSR count). The monoisotopic (exact) mass is 509 g/mol. The smallest absolute Gasteiger partial charge is 0.347 e. The van der Waals surface area contributed by atoms with Crippen LogP contribution in [0.3, 0.4) is 0 Å². The van der Waals surface area contributed by atoms with Gasteiger partial charge >= 0.3 is 11.7 Å². The second-order valence-corrected chi connectivity index (χ2v) is 9.84. The molecular formula is C29H39N3O5. The third-order valence-electron chi connectivity index (χ3n) is 6.38. The number of aromatic nitrogens is 3. The molecule has 8 nitrogen and oxygen atoms in total. The standard InChI is InChI=1S/C29H39N3O5/c1-5-6-7-8-19-31-26(30-32(28(31)35)21-23-12-9-13-25(20-23)36-4)14-10-11-22-15-17-24(18-16-22)37-29(2,3)27(33)34/h9,12-13,15-18,20H,5-8,10-11,14,19,21H2,1-4H3,(H,33,34). The molecule has 1 aromatic heterocycles. The van der Waals surface area contributed by atoms with E-state index in [1.54, 1.807) is 23.9 Å². The van der Waals surface area contributed by atoms with Gasteiger partial charge in [-0.2, -0.15) is 5.10 Å². The average molecular weight is 510 g/mol. The van der Waals surface area contributed by atoms with Gasteiger partial charge in [0.05, 0.1) is 13.7 Å². The normalized spacial score (nSPS) is 11.5. The molecule has 0 bridgehead atoms. The lowest BCUT2D eigenvalue weighted by Gasteiger charge is -2.21. The molecule has 0 amide bonds. The van der Waals surface area contributed by atoms with Gasteiger partial charge in [-0.3, -0.25) is 4.57 Å². The van der Waals surface area contributed by atoms with E-state index in [9.17, 15) is 14.7 Å². The van der Waals surface area contributed by atoms with E-state index < -0.39 is 11.6 Å². The van der Waals surface area contributed by atoms with Gasteiger partial charge in [0.2, 0.25) is 0 Å². The maximum absolute atomic E-state index is 13.2. The van der Waals surface area contributed by atoms with Gasteiger partial charge in [0.15, 0.2) is 5.60 Å². The average Bonchev–Trinajstić information content (AvgIpc) is 3.16. The van der Waals surface area contributed by atoms with Crippen molar-refractivity contribution in [1.29, 1.82) is 0 Å². The first kappa shape index (κ1) is 28.0. The Kier molecular flexibility index (Phi) is 9.94. The zero-order chi connectivity index (χ0) is 26.8. The number of benzene rings is 2. The number of carbonyl (C=O) groups is 1. The Hall–Kier alpha value is -3.55. The fourth-order valence-corrected chi connectivity index (χ4v) is 4.15. The van der Waals surface area contributed by atoms with Gasteiger partial charge in [0.1, 0.15) is 17.3 Å². The summed E-state index contributed by atoms with van der Waals surface area (Å²) >= 11 is 0. The SMILES string of the molecule is CCCCCCn1c(CCCc2ccc(OC(C)(C)C(=O)O)cc2)nn(Cc2cccc(OC)c2)c1=O. The van der Waals surface area contributed by atoms with Gasteiger partial charge in [-0.15, -0.1) is 0 Å². The Morgan fingerprint density at radius 2 is 1.73 bits per heavy atom. The first-order valence-corrected chi connectivity index (χ1v) is 13.0. The summed E-state index contributed by atoms with van der Waals surface area (Å²) < 4.78 is 14.3. The predicted molar refractivity (Wildman–Crippen MR) is 144 cm³/mol. The number of methoxy groups -OCH3 is 1. The molecule has 0 atom stereocenters. The number of aryl methyl sites for hydroxylation is 2. The Bertz CT molecular complexity index is 1210. The molecule has 0 aliphatic carbocycles. The lowest BCUT2D eigenvalue weighted by atomic mass is 10.1. The quantitative estimate of drug-likeness (QED) is 0.287. The van der Waals surface area contributed by atoms with Crippen LogP contribution >= 0.6 is 0 Å². The van der Waals surface area contributed by atoms with Gasteiger partial charge in [0.25, 0.3) is 0 Å². The zero-order valence-corrected chi connectivity index (χ0v) is 22.4. The summed E-state index contributed by atoms with van der Waals surface area (Å²) in [5.74, 6) is 1.08. The number of unbranched alkanes of at least 4 members (excludes halogenated alkanes) is 3. The van der Waals surface area contributed by atoms with Crippen molar-refractivity contribution in [3.8, 4) is 11.5 Å². The number of hydrogen-bond donors (Lipinski definition) is 1. The molecule has 1 heterocycles. The van der Waals surface area contributed by atoms with Crippen LogP contribution in [0.1, 0.15) is 69.8 Å². The van der Waals surface area contributed by atoms with Crippen LogP contribution in [0.2, 0.25) is 0 Å². The molecule has 0 aliphatic heterocycles. The molecule has 0 spiro atoms. The van der Waals surface area contributed by atoms with Crippen molar-refractivity contribution in [2.24, 2.45) is 0 Å². The second-order valence-electron chi connectivity index (χ2n) is 9.84. The van der Waals surface area contributed by atoms with E-state index in [0.717, 1.165) is 61.2 Å². The van der Waals surface area contributed by atoms with E-state index in [2.05, 4.69) is 6.92 Å². The molecule has 0 fully saturated rings. The minimum atomic E-state index is -1.29. The second kappa shape index (κ2) is 13.1. The van der Waals surface area contributed by atoms with Crippen LogP contribution in [-0.2, 0) is 30.7 Å². The summed E-state index contributed by atoms with van der Waals surface area (Å²) in [6.07, 6.45) is 6.70. The van der Waals surface area contributed by atoms with E-state index in [1.165, 1.54) is 13.8 Å². The van der Waals surface area contributed by atoms with Gasteiger partial charge in [0, 0.05) is 13.0 Å². The summed E-state index contributed by atoms with van der Waals surface area (Å²) in [4.78, 5) is 24.5. The van der Waals surface area contributed by atoms with Crippen molar-refractivity contribution >= 4 is 5.97 Å². The van der Waals surface area contributed by atoms with Crippen LogP contribution in [0.4, 0.5) is 0 Å². The van der Waals surface area contributed by atoms with Crippen molar-refractivity contribution in [2.45, 2.75) is 84.4 Å². The number of nitrogens with zero attached hydrogens (tertiary/aromatic N) is 3. The van der Waals surface area contributed by atoms with Crippen molar-refractivity contribution in [3.63, 3.8) is 0 Å². The summed E-state index contributed by atoms with van der Waals surface area (Å²) in [5.41, 5.74) is 0.730. The maximum atomic E-state index is 13.2. The van der Waals surface area contributed by atoms with Crippen LogP contribution in [0.15, 0.2) is 53.3 Å². The first-order chi connectivity index (χ1) is 17.7. The number of aliphatic carboxylic acids is 1. The Morgan fingerprint density at radius 3 is 2.41 bits per heavy atom. The third-order valence-corrected chi connectivity index (χ3v) is 6.38. The number of carboxylic acids is 1. The Morgan fingerprint density at radius 1 is 0.973 bits per heavy atom. The third kappa shape index (κ3) is 7.97. The largest absolute Gasteiger partial charge is 0.497 e. The molecule has 2 aromatic carbocycles. The highest BCUT2D eigenvalue weighted by Gasteiger charge is 2.29. The zero-order valence-electron chi connectivity index (χ0n) is 22.4. The molecule has 37 heavy (non-hydrogen) atoms. The number of ether oxygens (including phenoxy) is 2. The molecular weight excluding hydrogens is 470 g/mol. The fourth-order valence-electron chi connectivity index (χ4n) is 4.15. The van der Waals surface area contributed by atoms with Crippen molar-refractivity contribution in [1.82, 2.24) is 14.3 Å². The molecule has 0 saturated carbocycles. The minimum absolute atomic E-state index is 0.0723. The number of rotatable bonds is 15. The van der Waals surface area contributed by atoms with E-state index in [1.807, 2.05) is 41.0 Å². The summed E-state index contributed by atoms with van der Waals surface area (Å²) in [6.45, 7) is 6.31. The highest BCUT2D eigenvalue weighted by molar-refractivity contribution is 5.76. The van der Waals surface area contributed by atoms with Gasteiger partial charge in [-0.05, 0) is 68.5 Å². The molecule has 0 unspecified atom stereocenters. The van der Waals surface area contributed by atoms with Crippen LogP contribution in [0.25, 0.3) is 0 Å². The van der Waals surface area contributed by atoms with E-state index in [4.69, 9.17) is 14.6 Å². The van der Waals surface area contributed by atoms with Crippen molar-refractivity contribution in [3.05, 3.63) is 76.0 Å². The molecule has 1 N–H and O–H groups in total. The van der Waals surface area contributed by atoms with Crippen molar-refractivity contribution < 1.29 is 19.4 Å². The van der Waals surface area contributed by atoms with Crippen LogP contribution in [0.5, 0.6) is 11.5 Å². The van der Waals surface area contributed by atoms with E-state index in [-0.39, 0.29) is 5.69 Å². The molecule has 8 heteroatoms. The lowest BCUT2D eigenvalue weighted by Crippen LogP contribution is -2.37. The minimum Gasteiger partial charge on any atom is -0.497 e. The molecule has 0 saturated heterocycles. The number of carboxylic acid groups (broad SMARTS) is 1. The summed E-state index contributed by atoms with van der Waals surface area (Å²) in [7, 11) is 1.63. The van der Waals surface area contributed by atoms with Crippen LogP contribution in [-0.4, -0.2) is 38.1 Å². The fraction of sp³-hybridized carbons (Fsp3) is 0.483. The topological polar surface area (TPSA) is 95.6 Å². The molecule has 0 radical (unpaired) electrons. The highest BCUT2D eigenvalue weighted by atomic mass is 16.5. The van der Waals surface area contributed by atoms with E-state index >= 15 is 0 Å². The first-order valence-electron chi connectivity index (χ1n) is 13.0. The molecule has 200 valence electrons. The number of hydrogen-bond acceptors (Lipinski definition) is 5. The molecule has 3 aromatic rings. The Balaban J connectivity index is 1.68. The predicted octanol–water partition coefficient (Wildman–Crippen LogP) is 5.10. The van der Waals surface area contributed by atoms with Crippen molar-refractivity contribution in [2.75, 3.05) is 7.11 Å².